The number of aromatic hydroxyl groups is 1. The van der Waals surface area contributed by atoms with Crippen LogP contribution >= 0.6 is 0 Å². The molecule has 2 rings (SSSR count). The van der Waals surface area contributed by atoms with Crippen LogP contribution in [0, 0.1) is 0 Å². The molecule has 0 unspecified atom stereocenters. The number of benzene rings is 2. The Labute approximate surface area is 129 Å². The number of phenols is 1. The lowest BCUT2D eigenvalue weighted by molar-refractivity contribution is -0.131. The van der Waals surface area contributed by atoms with Crippen LogP contribution in [0.5, 0.6) is 5.75 Å². The molecule has 1 atom stereocenters. The Hall–Kier alpha value is -2.66. The van der Waals surface area contributed by atoms with E-state index in [1.165, 1.54) is 7.11 Å². The normalized spacial score (nSPS) is 12.7. The van der Waals surface area contributed by atoms with Gasteiger partial charge in [-0.25, -0.2) is 5.43 Å². The number of carbonyl (C=O) groups is 1. The third kappa shape index (κ3) is 3.71. The Morgan fingerprint density at radius 2 is 1.77 bits per heavy atom. The fourth-order valence-electron chi connectivity index (χ4n) is 2.06. The Bertz CT molecular complexity index is 669. The highest BCUT2D eigenvalue weighted by atomic mass is 16.5. The summed E-state index contributed by atoms with van der Waals surface area (Å²) >= 11 is 0. The molecule has 0 fully saturated rings. The van der Waals surface area contributed by atoms with E-state index >= 15 is 0 Å². The van der Waals surface area contributed by atoms with Crippen LogP contribution in [0.4, 0.5) is 0 Å². The van der Waals surface area contributed by atoms with E-state index in [9.17, 15) is 9.90 Å². The smallest absolute Gasteiger partial charge is 0.273 e. The van der Waals surface area contributed by atoms with Gasteiger partial charge in [-0.1, -0.05) is 42.5 Å². The number of carbonyl (C=O) groups excluding carboxylic acids is 1. The van der Waals surface area contributed by atoms with E-state index in [1.807, 2.05) is 30.3 Å². The summed E-state index contributed by atoms with van der Waals surface area (Å²) < 4.78 is 5.23. The molecule has 22 heavy (non-hydrogen) atoms. The number of hydrogen-bond acceptors (Lipinski definition) is 4. The number of amides is 1. The van der Waals surface area contributed by atoms with E-state index in [4.69, 9.17) is 4.74 Å². The molecule has 0 saturated carbocycles. The standard InChI is InChI=1S/C17H18N2O3/c1-12(14-10-6-7-11-15(14)20)18-19-17(21)16(22-2)13-8-4-3-5-9-13/h3-11,16,20H,1-2H3,(H,19,21)/b18-12-/t16-/m0/s1. The van der Waals surface area contributed by atoms with E-state index in [0.717, 1.165) is 5.56 Å². The highest BCUT2D eigenvalue weighted by Crippen LogP contribution is 2.18. The van der Waals surface area contributed by atoms with Crippen molar-refractivity contribution in [3.8, 4) is 5.75 Å². The highest BCUT2D eigenvalue weighted by molar-refractivity contribution is 6.01. The molecule has 0 aliphatic heterocycles. The van der Waals surface area contributed by atoms with Gasteiger partial charge in [-0.15, -0.1) is 0 Å². The van der Waals surface area contributed by atoms with Gasteiger partial charge in [-0.3, -0.25) is 4.79 Å². The van der Waals surface area contributed by atoms with Crippen LogP contribution in [0.25, 0.3) is 0 Å². The summed E-state index contributed by atoms with van der Waals surface area (Å²) in [6, 6.07) is 16.0. The summed E-state index contributed by atoms with van der Waals surface area (Å²) in [4.78, 5) is 12.2. The van der Waals surface area contributed by atoms with Crippen LogP contribution < -0.4 is 5.43 Å². The van der Waals surface area contributed by atoms with E-state index < -0.39 is 6.10 Å². The van der Waals surface area contributed by atoms with Crippen molar-refractivity contribution in [2.24, 2.45) is 5.10 Å². The van der Waals surface area contributed by atoms with Crippen molar-refractivity contribution >= 4 is 11.6 Å². The first-order chi connectivity index (χ1) is 10.6. The first-order valence-corrected chi connectivity index (χ1v) is 6.83. The molecule has 5 nitrogen and oxygen atoms in total. The number of rotatable bonds is 5. The number of nitrogens with one attached hydrogen (secondary N) is 1. The number of phenolic OH excluding ortho intramolecular Hbond substituents is 1. The quantitative estimate of drug-likeness (QED) is 0.658. The molecule has 0 spiro atoms. The zero-order chi connectivity index (χ0) is 15.9. The minimum Gasteiger partial charge on any atom is -0.507 e. The Balaban J connectivity index is 2.11. The van der Waals surface area contributed by atoms with Crippen molar-refractivity contribution in [3.63, 3.8) is 0 Å². The van der Waals surface area contributed by atoms with Gasteiger partial charge in [-0.05, 0) is 24.6 Å². The first-order valence-electron chi connectivity index (χ1n) is 6.83. The topological polar surface area (TPSA) is 70.9 Å². The molecule has 1 amide bonds. The van der Waals surface area contributed by atoms with E-state index in [-0.39, 0.29) is 11.7 Å². The molecule has 0 aliphatic rings. The number of ether oxygens (including phenoxy) is 1. The maximum Gasteiger partial charge on any atom is 0.273 e. The minimum atomic E-state index is -0.734. The molecule has 114 valence electrons. The predicted molar refractivity (Wildman–Crippen MR) is 84.7 cm³/mol. The van der Waals surface area contributed by atoms with Gasteiger partial charge in [-0.2, -0.15) is 5.10 Å². The number of nitrogens with zero attached hydrogens (tertiary/aromatic N) is 1. The van der Waals surface area contributed by atoms with Crippen LogP contribution in [-0.2, 0) is 9.53 Å². The van der Waals surface area contributed by atoms with Crippen molar-refractivity contribution in [1.29, 1.82) is 0 Å². The molecular formula is C17H18N2O3. The van der Waals surface area contributed by atoms with Crippen LogP contribution in [0.15, 0.2) is 59.7 Å². The average Bonchev–Trinajstić information content (AvgIpc) is 2.55. The summed E-state index contributed by atoms with van der Waals surface area (Å²) in [5, 5.41) is 13.8. The molecule has 2 aromatic rings. The van der Waals surface area contributed by atoms with Gasteiger partial charge in [0, 0.05) is 12.7 Å². The average molecular weight is 298 g/mol. The van der Waals surface area contributed by atoms with Gasteiger partial charge >= 0.3 is 0 Å². The number of methoxy groups -OCH3 is 1. The zero-order valence-electron chi connectivity index (χ0n) is 12.5. The van der Waals surface area contributed by atoms with Gasteiger partial charge < -0.3 is 9.84 Å². The summed E-state index contributed by atoms with van der Waals surface area (Å²) in [6.45, 7) is 1.71. The van der Waals surface area contributed by atoms with Crippen LogP contribution in [0.1, 0.15) is 24.2 Å². The third-order valence-electron chi connectivity index (χ3n) is 3.20. The molecule has 0 radical (unpaired) electrons. The van der Waals surface area contributed by atoms with Gasteiger partial charge in [0.25, 0.3) is 5.91 Å². The molecular weight excluding hydrogens is 280 g/mol. The monoisotopic (exact) mass is 298 g/mol. The van der Waals surface area contributed by atoms with Crippen LogP contribution in [0.3, 0.4) is 0 Å². The van der Waals surface area contributed by atoms with E-state index in [0.29, 0.717) is 11.3 Å². The lowest BCUT2D eigenvalue weighted by Crippen LogP contribution is -2.27. The van der Waals surface area contributed by atoms with Crippen molar-refractivity contribution in [2.45, 2.75) is 13.0 Å². The van der Waals surface area contributed by atoms with Gasteiger partial charge in [0.15, 0.2) is 6.10 Å². The largest absolute Gasteiger partial charge is 0.507 e. The van der Waals surface area contributed by atoms with Crippen molar-refractivity contribution in [2.75, 3.05) is 7.11 Å². The Morgan fingerprint density at radius 3 is 2.41 bits per heavy atom. The Kier molecular flexibility index (Phi) is 5.27. The molecule has 0 saturated heterocycles. The second kappa shape index (κ2) is 7.38. The number of para-hydroxylation sites is 1. The predicted octanol–water partition coefficient (Wildman–Crippen LogP) is 2.62. The summed E-state index contributed by atoms with van der Waals surface area (Å²) in [5.74, 6) is -0.257. The fourth-order valence-corrected chi connectivity index (χ4v) is 2.06. The Morgan fingerprint density at radius 1 is 1.14 bits per heavy atom. The summed E-state index contributed by atoms with van der Waals surface area (Å²) in [7, 11) is 1.47. The molecule has 0 bridgehead atoms. The van der Waals surface area contributed by atoms with Crippen LogP contribution in [-0.4, -0.2) is 23.8 Å². The lowest BCUT2D eigenvalue weighted by atomic mass is 10.1. The molecule has 0 aliphatic carbocycles. The van der Waals surface area contributed by atoms with Crippen molar-refractivity contribution < 1.29 is 14.6 Å². The number of hydrazone groups is 1. The highest BCUT2D eigenvalue weighted by Gasteiger charge is 2.19. The number of hydrogen-bond donors (Lipinski definition) is 2. The molecule has 5 heteroatoms. The van der Waals surface area contributed by atoms with Crippen molar-refractivity contribution in [1.82, 2.24) is 5.43 Å². The van der Waals surface area contributed by atoms with Crippen molar-refractivity contribution in [3.05, 3.63) is 65.7 Å². The second-order valence-corrected chi connectivity index (χ2v) is 4.72. The SMILES string of the molecule is CO[C@H](C(=O)N/N=C(/C)c1ccccc1O)c1ccccc1. The lowest BCUT2D eigenvalue weighted by Gasteiger charge is -2.14. The van der Waals surface area contributed by atoms with Gasteiger partial charge in [0.05, 0.1) is 5.71 Å². The summed E-state index contributed by atoms with van der Waals surface area (Å²) in [5.41, 5.74) is 4.29. The van der Waals surface area contributed by atoms with Gasteiger partial charge in [0.2, 0.25) is 0 Å². The van der Waals surface area contributed by atoms with Gasteiger partial charge in [0.1, 0.15) is 5.75 Å². The third-order valence-corrected chi connectivity index (χ3v) is 3.20. The van der Waals surface area contributed by atoms with E-state index in [1.54, 1.807) is 31.2 Å². The van der Waals surface area contributed by atoms with Crippen LogP contribution in [0.2, 0.25) is 0 Å². The molecule has 0 heterocycles. The first kappa shape index (κ1) is 15.7. The second-order valence-electron chi connectivity index (χ2n) is 4.72. The molecule has 2 aromatic carbocycles. The maximum atomic E-state index is 12.2. The minimum absolute atomic E-state index is 0.115. The van der Waals surface area contributed by atoms with E-state index in [2.05, 4.69) is 10.5 Å². The maximum absolute atomic E-state index is 12.2. The zero-order valence-corrected chi connectivity index (χ0v) is 12.5. The summed E-state index contributed by atoms with van der Waals surface area (Å²) in [6.07, 6.45) is -0.734. The fraction of sp³-hybridized carbons (Fsp3) is 0.176. The molecule has 2 N–H and O–H groups in total. The molecule has 0 aromatic heterocycles.